The van der Waals surface area contributed by atoms with Crippen LogP contribution >= 0.6 is 0 Å². The molecule has 0 fully saturated rings. The summed E-state index contributed by atoms with van der Waals surface area (Å²) in [7, 11) is -1.72. The first kappa shape index (κ1) is 19.5. The molecule has 0 aliphatic rings. The molecule has 1 heterocycles. The molecule has 1 aromatic carbocycles. The van der Waals surface area contributed by atoms with E-state index >= 15 is 0 Å². The van der Waals surface area contributed by atoms with Crippen molar-refractivity contribution in [2.45, 2.75) is 26.2 Å². The van der Waals surface area contributed by atoms with Gasteiger partial charge in [0.25, 0.3) is 0 Å². The molecule has 0 spiro atoms. The Hall–Kier alpha value is -1.86. The Morgan fingerprint density at radius 1 is 1.20 bits per heavy atom. The van der Waals surface area contributed by atoms with Gasteiger partial charge in [-0.15, -0.1) is 0 Å². The summed E-state index contributed by atoms with van der Waals surface area (Å²) in [6.45, 7) is 2.88. The number of hydrogen-bond acceptors (Lipinski definition) is 3. The Morgan fingerprint density at radius 2 is 1.92 bits per heavy atom. The summed E-state index contributed by atoms with van der Waals surface area (Å²) in [5, 5.41) is 1.09. The van der Waals surface area contributed by atoms with Crippen LogP contribution in [0.5, 0.6) is 0 Å². The number of aromatic amines is 1. The lowest BCUT2D eigenvalue weighted by Crippen LogP contribution is -2.42. The number of nitrogens with zero attached hydrogens (tertiary/aromatic N) is 2. The smallest absolute Gasteiger partial charge is 0.237 e. The van der Waals surface area contributed by atoms with E-state index in [2.05, 4.69) is 11.9 Å². The van der Waals surface area contributed by atoms with E-state index in [1.807, 2.05) is 30.5 Å². The molecule has 2 aromatic rings. The predicted octanol–water partition coefficient (Wildman–Crippen LogP) is 2.23. The van der Waals surface area contributed by atoms with Crippen molar-refractivity contribution >= 4 is 26.8 Å². The van der Waals surface area contributed by atoms with Crippen LogP contribution in [0.1, 0.15) is 25.3 Å². The third kappa shape index (κ3) is 5.31. The van der Waals surface area contributed by atoms with Crippen LogP contribution < -0.4 is 0 Å². The number of para-hydroxylation sites is 1. The van der Waals surface area contributed by atoms with Gasteiger partial charge in [0.1, 0.15) is 0 Å². The van der Waals surface area contributed by atoms with E-state index < -0.39 is 10.0 Å². The van der Waals surface area contributed by atoms with Gasteiger partial charge in [0.2, 0.25) is 15.9 Å². The number of carbonyl (C=O) groups is 1. The number of fused-ring (bicyclic) bond motifs is 1. The maximum Gasteiger partial charge on any atom is 0.237 e. The lowest BCUT2D eigenvalue weighted by molar-refractivity contribution is -0.130. The molecule has 0 saturated carbocycles. The fourth-order valence-electron chi connectivity index (χ4n) is 2.74. The van der Waals surface area contributed by atoms with Crippen LogP contribution in [0.3, 0.4) is 0 Å². The molecule has 0 atom stereocenters. The summed E-state index contributed by atoms with van der Waals surface area (Å²) in [5.41, 5.74) is 2.08. The second kappa shape index (κ2) is 8.49. The second-order valence-electron chi connectivity index (χ2n) is 6.37. The van der Waals surface area contributed by atoms with Gasteiger partial charge in [0.05, 0.1) is 12.8 Å². The molecule has 0 saturated heterocycles. The van der Waals surface area contributed by atoms with Gasteiger partial charge in [0, 0.05) is 37.2 Å². The largest absolute Gasteiger partial charge is 0.361 e. The average molecular weight is 365 g/mol. The number of amides is 1. The van der Waals surface area contributed by atoms with Crippen molar-refractivity contribution < 1.29 is 13.2 Å². The van der Waals surface area contributed by atoms with Crippen molar-refractivity contribution in [3.8, 4) is 0 Å². The summed E-state index contributed by atoms with van der Waals surface area (Å²) in [6.07, 6.45) is 5.52. The van der Waals surface area contributed by atoms with E-state index in [1.165, 1.54) is 4.31 Å². The van der Waals surface area contributed by atoms with Crippen LogP contribution in [-0.2, 0) is 21.2 Å². The van der Waals surface area contributed by atoms with Gasteiger partial charge >= 0.3 is 0 Å². The fraction of sp³-hybridized carbons (Fsp3) is 0.500. The van der Waals surface area contributed by atoms with E-state index in [-0.39, 0.29) is 19.0 Å². The van der Waals surface area contributed by atoms with Crippen LogP contribution in [-0.4, -0.2) is 61.5 Å². The van der Waals surface area contributed by atoms with Gasteiger partial charge in [-0.05, 0) is 24.5 Å². The first-order valence-electron chi connectivity index (χ1n) is 8.57. The van der Waals surface area contributed by atoms with Gasteiger partial charge in [-0.3, -0.25) is 4.79 Å². The minimum atomic E-state index is -3.44. The van der Waals surface area contributed by atoms with Gasteiger partial charge in [-0.25, -0.2) is 8.42 Å². The SMILES string of the molecule is CCCCN(C)C(=O)CN(CCc1c[nH]c2ccccc12)S(C)(=O)=O. The minimum absolute atomic E-state index is 0.110. The van der Waals surface area contributed by atoms with E-state index in [1.54, 1.807) is 11.9 Å². The van der Waals surface area contributed by atoms with Gasteiger partial charge < -0.3 is 9.88 Å². The number of hydrogen-bond donors (Lipinski definition) is 1. The lowest BCUT2D eigenvalue weighted by Gasteiger charge is -2.23. The zero-order valence-corrected chi connectivity index (χ0v) is 16.0. The number of aromatic nitrogens is 1. The Kier molecular flexibility index (Phi) is 6.61. The highest BCUT2D eigenvalue weighted by atomic mass is 32.2. The fourth-order valence-corrected chi connectivity index (χ4v) is 3.51. The van der Waals surface area contributed by atoms with Crippen molar-refractivity contribution in [2.75, 3.05) is 32.9 Å². The van der Waals surface area contributed by atoms with E-state index in [0.29, 0.717) is 13.0 Å². The van der Waals surface area contributed by atoms with Crippen molar-refractivity contribution in [1.82, 2.24) is 14.2 Å². The van der Waals surface area contributed by atoms with Crippen LogP contribution in [0.25, 0.3) is 10.9 Å². The summed E-state index contributed by atoms with van der Waals surface area (Å²) < 4.78 is 25.4. The number of benzene rings is 1. The van der Waals surface area contributed by atoms with Crippen LogP contribution in [0.15, 0.2) is 30.5 Å². The van der Waals surface area contributed by atoms with Crippen LogP contribution in [0, 0.1) is 0 Å². The van der Waals surface area contributed by atoms with Crippen molar-refractivity contribution in [3.63, 3.8) is 0 Å². The van der Waals surface area contributed by atoms with Crippen molar-refractivity contribution in [3.05, 3.63) is 36.0 Å². The zero-order valence-electron chi connectivity index (χ0n) is 15.2. The molecule has 0 aliphatic carbocycles. The van der Waals surface area contributed by atoms with Crippen LogP contribution in [0.2, 0.25) is 0 Å². The van der Waals surface area contributed by atoms with Crippen LogP contribution in [0.4, 0.5) is 0 Å². The molecule has 0 radical (unpaired) electrons. The quantitative estimate of drug-likeness (QED) is 0.740. The van der Waals surface area contributed by atoms with E-state index in [9.17, 15) is 13.2 Å². The Balaban J connectivity index is 2.04. The molecular weight excluding hydrogens is 338 g/mol. The topological polar surface area (TPSA) is 73.5 Å². The molecule has 1 amide bonds. The molecule has 1 N–H and O–H groups in total. The summed E-state index contributed by atoms with van der Waals surface area (Å²) in [6, 6.07) is 7.91. The summed E-state index contributed by atoms with van der Waals surface area (Å²) in [5.74, 6) is -0.169. The van der Waals surface area contributed by atoms with Gasteiger partial charge in [-0.2, -0.15) is 4.31 Å². The first-order valence-corrected chi connectivity index (χ1v) is 10.4. The first-order chi connectivity index (χ1) is 11.8. The van der Waals surface area contributed by atoms with E-state index in [4.69, 9.17) is 0 Å². The number of carbonyl (C=O) groups excluding carboxylic acids is 1. The molecule has 0 bridgehead atoms. The highest BCUT2D eigenvalue weighted by molar-refractivity contribution is 7.88. The zero-order chi connectivity index (χ0) is 18.4. The number of likely N-dealkylation sites (N-methyl/N-ethyl adjacent to an activating group) is 1. The third-order valence-corrected chi connectivity index (χ3v) is 5.61. The molecule has 1 aromatic heterocycles. The number of H-pyrrole nitrogens is 1. The minimum Gasteiger partial charge on any atom is -0.361 e. The number of sulfonamides is 1. The number of nitrogens with one attached hydrogen (secondary N) is 1. The molecular formula is C18H27N3O3S. The maximum atomic E-state index is 12.3. The van der Waals surface area contributed by atoms with Gasteiger partial charge in [-0.1, -0.05) is 31.5 Å². The lowest BCUT2D eigenvalue weighted by atomic mass is 10.1. The highest BCUT2D eigenvalue weighted by Gasteiger charge is 2.22. The average Bonchev–Trinajstić information content (AvgIpc) is 2.98. The molecule has 7 heteroatoms. The summed E-state index contributed by atoms with van der Waals surface area (Å²) >= 11 is 0. The molecule has 25 heavy (non-hydrogen) atoms. The van der Waals surface area contributed by atoms with Gasteiger partial charge in [0.15, 0.2) is 0 Å². The van der Waals surface area contributed by atoms with Crippen molar-refractivity contribution in [1.29, 1.82) is 0 Å². The Bertz CT molecular complexity index is 814. The number of rotatable bonds is 9. The number of unbranched alkanes of at least 4 members (excludes halogenated alkanes) is 1. The highest BCUT2D eigenvalue weighted by Crippen LogP contribution is 2.18. The normalized spacial score (nSPS) is 12.0. The maximum absolute atomic E-state index is 12.3. The molecule has 0 aliphatic heterocycles. The Morgan fingerprint density at radius 3 is 2.60 bits per heavy atom. The second-order valence-corrected chi connectivity index (χ2v) is 8.36. The van der Waals surface area contributed by atoms with Crippen molar-refractivity contribution in [2.24, 2.45) is 0 Å². The molecule has 2 rings (SSSR count). The monoisotopic (exact) mass is 365 g/mol. The summed E-state index contributed by atoms with van der Waals surface area (Å²) in [4.78, 5) is 17.1. The molecule has 138 valence electrons. The predicted molar refractivity (Wildman–Crippen MR) is 101 cm³/mol. The van der Waals surface area contributed by atoms with E-state index in [0.717, 1.165) is 35.6 Å². The third-order valence-electron chi connectivity index (χ3n) is 4.36. The standard InChI is InChI=1S/C18H27N3O3S/c1-4-5-11-20(2)18(22)14-21(25(3,23)24)12-10-15-13-19-17-9-7-6-8-16(15)17/h6-9,13,19H,4-5,10-12,14H2,1-3H3. The molecule has 0 unspecified atom stereocenters. The molecule has 6 nitrogen and oxygen atoms in total. The Labute approximate surface area is 149 Å².